The zero-order valence-electron chi connectivity index (χ0n) is 24.1. The quantitative estimate of drug-likeness (QED) is 0.227. The van der Waals surface area contributed by atoms with Crippen LogP contribution in [0.5, 0.6) is 5.75 Å². The number of halogens is 3. The van der Waals surface area contributed by atoms with Crippen molar-refractivity contribution in [2.75, 3.05) is 10.7 Å². The molecule has 13 heteroatoms. The molecule has 2 heterocycles. The largest absolute Gasteiger partial charge is 0.573 e. The fraction of sp³-hybridized carbons (Fsp3) is 0.258. The van der Waals surface area contributed by atoms with Crippen molar-refractivity contribution >= 4 is 34.6 Å². The number of urea groups is 1. The molecule has 0 spiro atoms. The molecule has 1 N–H and O–H groups in total. The van der Waals surface area contributed by atoms with Crippen molar-refractivity contribution < 1.29 is 27.5 Å². The lowest BCUT2D eigenvalue weighted by Gasteiger charge is -2.20. The van der Waals surface area contributed by atoms with Crippen LogP contribution in [0, 0.1) is 6.92 Å². The van der Waals surface area contributed by atoms with Crippen LogP contribution < -0.4 is 15.0 Å². The molecule has 0 aliphatic carbocycles. The van der Waals surface area contributed by atoms with Crippen LogP contribution in [0.25, 0.3) is 17.1 Å². The van der Waals surface area contributed by atoms with Crippen molar-refractivity contribution in [3.8, 4) is 22.8 Å². The maximum Gasteiger partial charge on any atom is 0.573 e. The van der Waals surface area contributed by atoms with E-state index in [0.29, 0.717) is 22.2 Å². The van der Waals surface area contributed by atoms with Crippen LogP contribution in [-0.2, 0) is 11.2 Å². The second-order valence-electron chi connectivity index (χ2n) is 10.1. The maximum absolute atomic E-state index is 12.9. The Kier molecular flexibility index (Phi) is 9.04. The topological polar surface area (TPSA) is 102 Å². The van der Waals surface area contributed by atoms with Crippen molar-refractivity contribution in [1.29, 1.82) is 0 Å². The number of alkyl halides is 3. The molecule has 0 bridgehead atoms. The molecule has 228 valence electrons. The van der Waals surface area contributed by atoms with Gasteiger partial charge in [-0.05, 0) is 67.3 Å². The Morgan fingerprint density at radius 1 is 1.11 bits per heavy atom. The van der Waals surface area contributed by atoms with Crippen LogP contribution in [0.4, 0.5) is 23.7 Å². The van der Waals surface area contributed by atoms with E-state index in [-0.39, 0.29) is 23.5 Å². The fourth-order valence-electron chi connectivity index (χ4n) is 4.67. The second-order valence-corrected chi connectivity index (χ2v) is 11.1. The predicted octanol–water partition coefficient (Wildman–Crippen LogP) is 7.00. The van der Waals surface area contributed by atoms with Crippen molar-refractivity contribution in [3.05, 3.63) is 89.7 Å². The van der Waals surface area contributed by atoms with Gasteiger partial charge in [-0.2, -0.15) is 4.99 Å². The number of aromatic nitrogens is 3. The lowest BCUT2D eigenvalue weighted by atomic mass is 10.0. The Labute approximate surface area is 256 Å². The summed E-state index contributed by atoms with van der Waals surface area (Å²) in [6.45, 7) is 5.87. The number of ether oxygens (including phenoxy) is 1. The predicted molar refractivity (Wildman–Crippen MR) is 163 cm³/mol. The highest BCUT2D eigenvalue weighted by Crippen LogP contribution is 2.32. The van der Waals surface area contributed by atoms with E-state index in [0.717, 1.165) is 35.2 Å². The fourth-order valence-corrected chi connectivity index (χ4v) is 5.53. The molecule has 1 fully saturated rings. The van der Waals surface area contributed by atoms with Crippen LogP contribution in [-0.4, -0.2) is 44.0 Å². The summed E-state index contributed by atoms with van der Waals surface area (Å²) in [7, 11) is 0. The summed E-state index contributed by atoms with van der Waals surface area (Å²) in [5, 5.41) is 7.64. The van der Waals surface area contributed by atoms with Crippen LogP contribution >= 0.6 is 11.8 Å². The van der Waals surface area contributed by atoms with Gasteiger partial charge in [0.2, 0.25) is 5.91 Å². The Hall–Kier alpha value is -4.65. The number of amides is 3. The highest BCUT2D eigenvalue weighted by Gasteiger charge is 2.32. The molecular weight excluding hydrogens is 593 g/mol. The van der Waals surface area contributed by atoms with E-state index in [2.05, 4.69) is 32.1 Å². The van der Waals surface area contributed by atoms with Gasteiger partial charge >= 0.3 is 12.4 Å². The Morgan fingerprint density at radius 3 is 2.52 bits per heavy atom. The summed E-state index contributed by atoms with van der Waals surface area (Å²) in [6.07, 6.45) is -1.58. The van der Waals surface area contributed by atoms with Gasteiger partial charge in [0, 0.05) is 5.56 Å². The van der Waals surface area contributed by atoms with Crippen LogP contribution in [0.15, 0.2) is 78.0 Å². The average Bonchev–Trinajstić information content (AvgIpc) is 3.61. The lowest BCUT2D eigenvalue weighted by Crippen LogP contribution is -2.32. The normalized spacial score (nSPS) is 15.1. The van der Waals surface area contributed by atoms with E-state index in [4.69, 9.17) is 0 Å². The molecule has 44 heavy (non-hydrogen) atoms. The number of hydrogen-bond acceptors (Lipinski definition) is 6. The highest BCUT2D eigenvalue weighted by atomic mass is 32.2. The van der Waals surface area contributed by atoms with E-state index in [1.807, 2.05) is 56.3 Å². The number of hydrogen-bond donors (Lipinski definition) is 1. The minimum atomic E-state index is -4.76. The monoisotopic (exact) mass is 622 g/mol. The van der Waals surface area contributed by atoms with Crippen molar-refractivity contribution in [3.63, 3.8) is 0 Å². The molecule has 3 aromatic carbocycles. The number of benzene rings is 3. The molecule has 1 aromatic heterocycles. The van der Waals surface area contributed by atoms with Gasteiger partial charge in [-0.25, -0.2) is 14.5 Å². The van der Waals surface area contributed by atoms with Gasteiger partial charge in [0.15, 0.2) is 11.0 Å². The molecule has 1 aliphatic heterocycles. The molecule has 5 rings (SSSR count). The van der Waals surface area contributed by atoms with Gasteiger partial charge in [0.05, 0.1) is 23.2 Å². The van der Waals surface area contributed by atoms with Gasteiger partial charge in [-0.15, -0.1) is 18.3 Å². The SMILES string of the molecule is CCCc1ccc(C)cc1N1C(=O)CS/C1=N\C(=O)NC(C)c1ccc(-c2ncn(-c3ccc(OC(F)(F)F)cc3)n2)cc1. The van der Waals surface area contributed by atoms with Crippen LogP contribution in [0.2, 0.25) is 0 Å². The second kappa shape index (κ2) is 12.9. The molecule has 1 saturated heterocycles. The highest BCUT2D eigenvalue weighted by molar-refractivity contribution is 8.15. The number of amidine groups is 1. The zero-order chi connectivity index (χ0) is 31.4. The summed E-state index contributed by atoms with van der Waals surface area (Å²) in [6, 6.07) is 17.6. The van der Waals surface area contributed by atoms with E-state index in [1.165, 1.54) is 47.0 Å². The molecule has 1 unspecified atom stereocenters. The third-order valence-corrected chi connectivity index (χ3v) is 7.72. The number of thioether (sulfide) groups is 1. The minimum absolute atomic E-state index is 0.114. The van der Waals surface area contributed by atoms with E-state index in [9.17, 15) is 22.8 Å². The van der Waals surface area contributed by atoms with Crippen molar-refractivity contribution in [2.24, 2.45) is 4.99 Å². The third kappa shape index (κ3) is 7.28. The molecular formula is C31H29F3N6O3S. The summed E-state index contributed by atoms with van der Waals surface area (Å²) in [5.41, 5.74) is 4.85. The maximum atomic E-state index is 12.9. The van der Waals surface area contributed by atoms with Gasteiger partial charge in [0.25, 0.3) is 0 Å². The molecule has 9 nitrogen and oxygen atoms in total. The number of nitrogens with one attached hydrogen (secondary N) is 1. The number of anilines is 1. The van der Waals surface area contributed by atoms with Crippen LogP contribution in [0.1, 0.15) is 43.0 Å². The first-order valence-corrected chi connectivity index (χ1v) is 14.8. The molecule has 0 saturated carbocycles. The van der Waals surface area contributed by atoms with Gasteiger partial charge < -0.3 is 10.1 Å². The molecule has 4 aromatic rings. The Bertz CT molecular complexity index is 1690. The Balaban J connectivity index is 1.25. The average molecular weight is 623 g/mol. The van der Waals surface area contributed by atoms with Crippen LogP contribution in [0.3, 0.4) is 0 Å². The number of rotatable bonds is 8. The standard InChI is InChI=1S/C31H29F3N6O3S/c1-4-5-22-7-6-19(2)16-26(22)40-27(41)17-44-30(40)37-29(42)36-20(3)21-8-10-23(11-9-21)28-35-18-39(38-28)24-12-14-25(15-13-24)43-31(32,33)34/h6-16,18,20H,4-5,17H2,1-3H3,(H,36,42)/b37-30-. The number of carbonyl (C=O) groups is 2. The van der Waals surface area contributed by atoms with Gasteiger partial charge in [-0.1, -0.05) is 61.5 Å². The number of aliphatic imine (C=N–C) groups is 1. The van der Waals surface area contributed by atoms with Gasteiger partial charge in [0.1, 0.15) is 12.1 Å². The van der Waals surface area contributed by atoms with E-state index >= 15 is 0 Å². The summed E-state index contributed by atoms with van der Waals surface area (Å²) in [4.78, 5) is 35.8. The summed E-state index contributed by atoms with van der Waals surface area (Å²) in [5.74, 6) is 0.183. The summed E-state index contributed by atoms with van der Waals surface area (Å²) < 4.78 is 42.6. The molecule has 3 amide bonds. The van der Waals surface area contributed by atoms with Crippen molar-refractivity contribution in [2.45, 2.75) is 46.0 Å². The number of aryl methyl sites for hydroxylation is 2. The Morgan fingerprint density at radius 2 is 1.84 bits per heavy atom. The number of carbonyl (C=O) groups excluding carboxylic acids is 2. The van der Waals surface area contributed by atoms with E-state index < -0.39 is 12.4 Å². The first kappa shape index (κ1) is 30.8. The zero-order valence-corrected chi connectivity index (χ0v) is 24.9. The molecule has 0 radical (unpaired) electrons. The first-order chi connectivity index (χ1) is 21.0. The van der Waals surface area contributed by atoms with Gasteiger partial charge in [-0.3, -0.25) is 9.69 Å². The van der Waals surface area contributed by atoms with Crippen molar-refractivity contribution in [1.82, 2.24) is 20.1 Å². The smallest absolute Gasteiger partial charge is 0.406 e. The number of nitrogens with zero attached hydrogens (tertiary/aromatic N) is 5. The summed E-state index contributed by atoms with van der Waals surface area (Å²) >= 11 is 1.24. The first-order valence-electron chi connectivity index (χ1n) is 13.8. The molecule has 1 aliphatic rings. The lowest BCUT2D eigenvalue weighted by molar-refractivity contribution is -0.274. The van der Waals surface area contributed by atoms with E-state index in [1.54, 1.807) is 4.90 Å². The molecule has 1 atom stereocenters. The third-order valence-electron chi connectivity index (χ3n) is 6.80. The minimum Gasteiger partial charge on any atom is -0.406 e.